The zero-order valence-electron chi connectivity index (χ0n) is 18.2. The van der Waals surface area contributed by atoms with Gasteiger partial charge in [-0.1, -0.05) is 11.8 Å². The van der Waals surface area contributed by atoms with E-state index in [-0.39, 0.29) is 17.5 Å². The van der Waals surface area contributed by atoms with Crippen LogP contribution in [0.25, 0.3) is 16.8 Å². The van der Waals surface area contributed by atoms with Gasteiger partial charge in [-0.25, -0.2) is 13.9 Å². The number of ether oxygens (including phenoxy) is 3. The summed E-state index contributed by atoms with van der Waals surface area (Å²) in [6.45, 7) is 0. The number of nitrogens with one attached hydrogen (secondary N) is 1. The first-order valence-electron chi connectivity index (χ1n) is 9.85. The van der Waals surface area contributed by atoms with Crippen molar-refractivity contribution in [3.63, 3.8) is 0 Å². The summed E-state index contributed by atoms with van der Waals surface area (Å²) in [6, 6.07) is 11.3. The number of anilines is 1. The molecule has 0 atom stereocenters. The molecule has 2 aromatic heterocycles. The molecule has 0 saturated carbocycles. The van der Waals surface area contributed by atoms with Gasteiger partial charge in [0.15, 0.2) is 11.5 Å². The van der Waals surface area contributed by atoms with E-state index in [0.717, 1.165) is 11.1 Å². The van der Waals surface area contributed by atoms with Crippen LogP contribution in [-0.2, 0) is 4.79 Å². The molecule has 0 fully saturated rings. The van der Waals surface area contributed by atoms with E-state index >= 15 is 0 Å². The van der Waals surface area contributed by atoms with Crippen molar-refractivity contribution >= 4 is 28.9 Å². The van der Waals surface area contributed by atoms with E-state index in [4.69, 9.17) is 14.2 Å². The molecule has 1 N–H and O–H groups in total. The number of nitrogens with zero attached hydrogens (tertiary/aromatic N) is 3. The van der Waals surface area contributed by atoms with Crippen LogP contribution in [0.5, 0.6) is 17.2 Å². The van der Waals surface area contributed by atoms with Crippen molar-refractivity contribution in [3.8, 4) is 28.5 Å². The Kier molecular flexibility index (Phi) is 6.64. The highest BCUT2D eigenvalue weighted by Crippen LogP contribution is 2.40. The normalized spacial score (nSPS) is 10.8. The molecule has 0 radical (unpaired) electrons. The molecule has 0 aliphatic carbocycles. The lowest BCUT2D eigenvalue weighted by atomic mass is 10.1. The SMILES string of the molecule is COc1cc(NC(=O)CSc2nccn3nc(-c4ccc(F)cc4)cc23)cc(OC)c1OC. The van der Waals surface area contributed by atoms with Crippen LogP contribution in [0.4, 0.5) is 10.1 Å². The number of hydrogen-bond donors (Lipinski definition) is 1. The number of halogens is 1. The number of hydrogen-bond acceptors (Lipinski definition) is 7. The van der Waals surface area contributed by atoms with Crippen molar-refractivity contribution in [2.45, 2.75) is 5.03 Å². The summed E-state index contributed by atoms with van der Waals surface area (Å²) >= 11 is 1.28. The van der Waals surface area contributed by atoms with E-state index < -0.39 is 0 Å². The van der Waals surface area contributed by atoms with E-state index in [9.17, 15) is 9.18 Å². The summed E-state index contributed by atoms with van der Waals surface area (Å²) in [5.41, 5.74) is 2.74. The molecule has 0 spiro atoms. The number of methoxy groups -OCH3 is 3. The predicted octanol–water partition coefficient (Wildman–Crippen LogP) is 4.29. The summed E-state index contributed by atoms with van der Waals surface area (Å²) in [5.74, 6) is 0.925. The van der Waals surface area contributed by atoms with Gasteiger partial charge in [0.1, 0.15) is 10.8 Å². The van der Waals surface area contributed by atoms with Gasteiger partial charge in [-0.3, -0.25) is 4.79 Å². The highest BCUT2D eigenvalue weighted by molar-refractivity contribution is 8.00. The molecule has 4 rings (SSSR count). The van der Waals surface area contributed by atoms with Gasteiger partial charge in [-0.15, -0.1) is 0 Å². The number of carbonyl (C=O) groups excluding carboxylic acids is 1. The van der Waals surface area contributed by atoms with Crippen LogP contribution < -0.4 is 19.5 Å². The van der Waals surface area contributed by atoms with Crippen LogP contribution in [0.1, 0.15) is 0 Å². The van der Waals surface area contributed by atoms with Gasteiger partial charge in [0.2, 0.25) is 11.7 Å². The Morgan fingerprint density at radius 1 is 1.06 bits per heavy atom. The van der Waals surface area contributed by atoms with Crippen LogP contribution in [0, 0.1) is 5.82 Å². The summed E-state index contributed by atoms with van der Waals surface area (Å²) in [5, 5.41) is 8.01. The molecule has 0 aliphatic rings. The Bertz CT molecular complexity index is 1270. The maximum absolute atomic E-state index is 13.2. The Hall–Kier alpha value is -3.79. The van der Waals surface area contributed by atoms with E-state index in [1.807, 2.05) is 6.07 Å². The molecule has 2 heterocycles. The van der Waals surface area contributed by atoms with Gasteiger partial charge >= 0.3 is 0 Å². The molecule has 2 aromatic carbocycles. The molecule has 10 heteroatoms. The molecule has 170 valence electrons. The van der Waals surface area contributed by atoms with E-state index in [1.54, 1.807) is 41.2 Å². The molecule has 0 bridgehead atoms. The monoisotopic (exact) mass is 468 g/mol. The van der Waals surface area contributed by atoms with E-state index in [0.29, 0.717) is 33.7 Å². The van der Waals surface area contributed by atoms with Gasteiger partial charge in [0, 0.05) is 35.8 Å². The number of rotatable bonds is 8. The zero-order valence-corrected chi connectivity index (χ0v) is 19.0. The first-order chi connectivity index (χ1) is 16.0. The standard InChI is InChI=1S/C23H21FN4O4S/c1-30-19-10-16(11-20(31-2)22(19)32-3)26-21(29)13-33-23-18-12-17(27-28(18)9-8-25-23)14-4-6-15(24)7-5-14/h4-12H,13H2,1-3H3,(H,26,29). The largest absolute Gasteiger partial charge is 0.493 e. The number of fused-ring (bicyclic) bond motifs is 1. The summed E-state index contributed by atoms with van der Waals surface area (Å²) in [6.07, 6.45) is 3.34. The topological polar surface area (TPSA) is 87.0 Å². The minimum Gasteiger partial charge on any atom is -0.493 e. The second kappa shape index (κ2) is 9.78. The number of carbonyl (C=O) groups is 1. The summed E-state index contributed by atoms with van der Waals surface area (Å²) in [7, 11) is 4.54. The lowest BCUT2D eigenvalue weighted by Crippen LogP contribution is -2.14. The van der Waals surface area contributed by atoms with E-state index in [2.05, 4.69) is 15.4 Å². The lowest BCUT2D eigenvalue weighted by Gasteiger charge is -2.14. The predicted molar refractivity (Wildman–Crippen MR) is 124 cm³/mol. The molecule has 4 aromatic rings. The molecule has 0 unspecified atom stereocenters. The van der Waals surface area contributed by atoms with Gasteiger partial charge in [0.05, 0.1) is 38.3 Å². The molecule has 0 aliphatic heterocycles. The Morgan fingerprint density at radius 2 is 1.76 bits per heavy atom. The van der Waals surface area contributed by atoms with Crippen molar-refractivity contribution < 1.29 is 23.4 Å². The fraction of sp³-hybridized carbons (Fsp3) is 0.174. The first kappa shape index (κ1) is 22.4. The van der Waals surface area contributed by atoms with Crippen LogP contribution >= 0.6 is 11.8 Å². The minimum atomic E-state index is -0.307. The number of thioether (sulfide) groups is 1. The third-order valence-electron chi connectivity index (χ3n) is 4.78. The highest BCUT2D eigenvalue weighted by Gasteiger charge is 2.16. The number of aromatic nitrogens is 3. The van der Waals surface area contributed by atoms with Gasteiger partial charge < -0.3 is 19.5 Å². The van der Waals surface area contributed by atoms with Crippen molar-refractivity contribution in [2.24, 2.45) is 0 Å². The minimum absolute atomic E-state index is 0.125. The van der Waals surface area contributed by atoms with E-state index in [1.165, 1.54) is 45.2 Å². The maximum Gasteiger partial charge on any atom is 0.234 e. The summed E-state index contributed by atoms with van der Waals surface area (Å²) < 4.78 is 30.9. The number of amides is 1. The number of benzene rings is 2. The fourth-order valence-electron chi connectivity index (χ4n) is 3.26. The lowest BCUT2D eigenvalue weighted by molar-refractivity contribution is -0.113. The highest BCUT2D eigenvalue weighted by atomic mass is 32.2. The average Bonchev–Trinajstić information content (AvgIpc) is 3.27. The third kappa shape index (κ3) is 4.85. The molecule has 33 heavy (non-hydrogen) atoms. The van der Waals surface area contributed by atoms with Crippen LogP contribution in [0.3, 0.4) is 0 Å². The van der Waals surface area contributed by atoms with Crippen LogP contribution in [0.15, 0.2) is 59.9 Å². The fourth-order valence-corrected chi connectivity index (χ4v) is 4.03. The van der Waals surface area contributed by atoms with Gasteiger partial charge in [0.25, 0.3) is 0 Å². The smallest absolute Gasteiger partial charge is 0.234 e. The Balaban J connectivity index is 1.49. The third-order valence-corrected chi connectivity index (χ3v) is 5.78. The van der Waals surface area contributed by atoms with Crippen LogP contribution in [-0.4, -0.2) is 47.6 Å². The molecular weight excluding hydrogens is 447 g/mol. The molecule has 0 saturated heterocycles. The van der Waals surface area contributed by atoms with Gasteiger partial charge in [-0.05, 0) is 30.3 Å². The second-order valence-corrected chi connectivity index (χ2v) is 7.81. The van der Waals surface area contributed by atoms with Crippen molar-refractivity contribution in [2.75, 3.05) is 32.4 Å². The Labute approximate surface area is 193 Å². The molecular formula is C23H21FN4O4S. The second-order valence-electron chi connectivity index (χ2n) is 6.85. The first-order valence-corrected chi connectivity index (χ1v) is 10.8. The van der Waals surface area contributed by atoms with Crippen molar-refractivity contribution in [3.05, 3.63) is 60.7 Å². The van der Waals surface area contributed by atoms with Crippen molar-refractivity contribution in [1.82, 2.24) is 14.6 Å². The quantitative estimate of drug-likeness (QED) is 0.386. The Morgan fingerprint density at radius 3 is 2.39 bits per heavy atom. The maximum atomic E-state index is 13.2. The van der Waals surface area contributed by atoms with Crippen LogP contribution in [0.2, 0.25) is 0 Å². The molecule has 8 nitrogen and oxygen atoms in total. The van der Waals surface area contributed by atoms with Crippen molar-refractivity contribution in [1.29, 1.82) is 0 Å². The average molecular weight is 469 g/mol. The van der Waals surface area contributed by atoms with Gasteiger partial charge in [-0.2, -0.15) is 5.10 Å². The summed E-state index contributed by atoms with van der Waals surface area (Å²) in [4.78, 5) is 17.0. The molecule has 1 amide bonds. The zero-order chi connectivity index (χ0) is 23.4.